The van der Waals surface area contributed by atoms with Crippen LogP contribution in [0.1, 0.15) is 22.8 Å². The van der Waals surface area contributed by atoms with Gasteiger partial charge in [0.05, 0.1) is 6.21 Å². The fourth-order valence-corrected chi connectivity index (χ4v) is 1.77. The predicted molar refractivity (Wildman–Crippen MR) is 85.6 cm³/mol. The Balaban J connectivity index is 1.98. The van der Waals surface area contributed by atoms with Crippen molar-refractivity contribution in [2.75, 3.05) is 5.32 Å². The molecule has 0 unspecified atom stereocenters. The summed E-state index contributed by atoms with van der Waals surface area (Å²) in [7, 11) is 0. The van der Waals surface area contributed by atoms with Gasteiger partial charge < -0.3 is 15.5 Å². The predicted octanol–water partition coefficient (Wildman–Crippen LogP) is 1.82. The maximum absolute atomic E-state index is 11.9. The van der Waals surface area contributed by atoms with E-state index in [2.05, 4.69) is 15.8 Å². The maximum atomic E-state index is 11.9. The van der Waals surface area contributed by atoms with E-state index in [0.29, 0.717) is 16.8 Å². The molecule has 0 saturated heterocycles. The molecule has 2 rings (SSSR count). The van der Waals surface area contributed by atoms with Gasteiger partial charge in [-0.2, -0.15) is 5.10 Å². The molecule has 7 heteroatoms. The molecule has 0 fully saturated rings. The Bertz CT molecular complexity index is 754. The zero-order chi connectivity index (χ0) is 16.8. The second-order valence-corrected chi connectivity index (χ2v) is 4.70. The molecule has 0 spiro atoms. The summed E-state index contributed by atoms with van der Waals surface area (Å²) in [6.45, 7) is 1.40. The molecule has 118 valence electrons. The molecule has 2 aromatic carbocycles. The van der Waals surface area contributed by atoms with Crippen LogP contribution in [0.15, 0.2) is 47.6 Å². The van der Waals surface area contributed by atoms with Gasteiger partial charge in [-0.1, -0.05) is 0 Å². The fraction of sp³-hybridized carbons (Fsp3) is 0.0625. The fourth-order valence-electron chi connectivity index (χ4n) is 1.77. The molecule has 0 radical (unpaired) electrons. The molecule has 2 amide bonds. The van der Waals surface area contributed by atoms with Crippen LogP contribution >= 0.6 is 0 Å². The summed E-state index contributed by atoms with van der Waals surface area (Å²) in [6, 6.07) is 10.3. The molecule has 0 saturated carbocycles. The number of benzene rings is 2. The van der Waals surface area contributed by atoms with Gasteiger partial charge in [0.2, 0.25) is 5.91 Å². The smallest absolute Gasteiger partial charge is 0.271 e. The molecular weight excluding hydrogens is 298 g/mol. The van der Waals surface area contributed by atoms with Gasteiger partial charge in [0.1, 0.15) is 11.5 Å². The third-order valence-electron chi connectivity index (χ3n) is 2.85. The lowest BCUT2D eigenvalue weighted by molar-refractivity contribution is -0.114. The van der Waals surface area contributed by atoms with Crippen molar-refractivity contribution in [3.05, 3.63) is 53.6 Å². The van der Waals surface area contributed by atoms with Crippen LogP contribution in [0.2, 0.25) is 0 Å². The number of anilines is 1. The van der Waals surface area contributed by atoms with E-state index in [-0.39, 0.29) is 17.4 Å². The number of nitrogens with zero attached hydrogens (tertiary/aromatic N) is 1. The van der Waals surface area contributed by atoms with Gasteiger partial charge in [0, 0.05) is 29.8 Å². The SMILES string of the molecule is CC(=O)Nc1ccc(C(=O)NN=Cc2ccc(O)cc2O)cc1. The van der Waals surface area contributed by atoms with Crippen molar-refractivity contribution in [3.63, 3.8) is 0 Å². The number of phenolic OH excluding ortho intramolecular Hbond substituents is 2. The zero-order valence-electron chi connectivity index (χ0n) is 12.3. The number of rotatable bonds is 4. The average Bonchev–Trinajstić information content (AvgIpc) is 2.49. The highest BCUT2D eigenvalue weighted by atomic mass is 16.3. The summed E-state index contributed by atoms with van der Waals surface area (Å²) in [6.07, 6.45) is 1.26. The van der Waals surface area contributed by atoms with Gasteiger partial charge in [0.25, 0.3) is 5.91 Å². The van der Waals surface area contributed by atoms with Gasteiger partial charge in [-0.3, -0.25) is 9.59 Å². The van der Waals surface area contributed by atoms with Crippen molar-refractivity contribution in [2.45, 2.75) is 6.92 Å². The first kappa shape index (κ1) is 16.0. The van der Waals surface area contributed by atoms with E-state index in [1.807, 2.05) is 0 Å². The van der Waals surface area contributed by atoms with Crippen LogP contribution in [-0.4, -0.2) is 28.2 Å². The summed E-state index contributed by atoms with van der Waals surface area (Å²) < 4.78 is 0. The van der Waals surface area contributed by atoms with Crippen molar-refractivity contribution in [3.8, 4) is 11.5 Å². The third-order valence-corrected chi connectivity index (χ3v) is 2.85. The van der Waals surface area contributed by atoms with E-state index >= 15 is 0 Å². The number of carbonyl (C=O) groups is 2. The van der Waals surface area contributed by atoms with E-state index in [1.165, 1.54) is 31.3 Å². The van der Waals surface area contributed by atoms with Crippen LogP contribution in [0, 0.1) is 0 Å². The molecule has 7 nitrogen and oxygen atoms in total. The number of hydrogen-bond donors (Lipinski definition) is 4. The second kappa shape index (κ2) is 7.08. The maximum Gasteiger partial charge on any atom is 0.271 e. The molecule has 0 heterocycles. The number of carbonyl (C=O) groups excluding carboxylic acids is 2. The number of hydrazone groups is 1. The van der Waals surface area contributed by atoms with E-state index < -0.39 is 5.91 Å². The number of aromatic hydroxyl groups is 2. The monoisotopic (exact) mass is 313 g/mol. The number of nitrogens with one attached hydrogen (secondary N) is 2. The molecule has 4 N–H and O–H groups in total. The number of phenols is 2. The van der Waals surface area contributed by atoms with E-state index in [1.54, 1.807) is 24.3 Å². The Morgan fingerprint density at radius 3 is 2.39 bits per heavy atom. The molecule has 0 bridgehead atoms. The molecule has 2 aromatic rings. The van der Waals surface area contributed by atoms with Crippen LogP contribution in [-0.2, 0) is 4.79 Å². The minimum atomic E-state index is -0.436. The van der Waals surface area contributed by atoms with Crippen molar-refractivity contribution >= 4 is 23.7 Å². The highest BCUT2D eigenvalue weighted by Crippen LogP contribution is 2.20. The Labute approximate surface area is 132 Å². The first-order valence-corrected chi connectivity index (χ1v) is 6.69. The van der Waals surface area contributed by atoms with Crippen LogP contribution in [0.25, 0.3) is 0 Å². The van der Waals surface area contributed by atoms with Crippen molar-refractivity contribution < 1.29 is 19.8 Å². The highest BCUT2D eigenvalue weighted by Gasteiger charge is 2.05. The van der Waals surface area contributed by atoms with E-state index in [9.17, 15) is 19.8 Å². The summed E-state index contributed by atoms with van der Waals surface area (Å²) >= 11 is 0. The van der Waals surface area contributed by atoms with Gasteiger partial charge in [0.15, 0.2) is 0 Å². The summed E-state index contributed by atoms with van der Waals surface area (Å²) in [5.74, 6) is -0.847. The Hall–Kier alpha value is -3.35. The van der Waals surface area contributed by atoms with Crippen LogP contribution in [0.3, 0.4) is 0 Å². The van der Waals surface area contributed by atoms with Crippen molar-refractivity contribution in [1.29, 1.82) is 0 Å². The Kier molecular flexibility index (Phi) is 4.93. The Morgan fingerprint density at radius 1 is 1.09 bits per heavy atom. The highest BCUT2D eigenvalue weighted by molar-refractivity contribution is 5.96. The molecule has 23 heavy (non-hydrogen) atoms. The first-order chi connectivity index (χ1) is 11.0. The number of amides is 2. The van der Waals surface area contributed by atoms with Gasteiger partial charge >= 0.3 is 0 Å². The normalized spacial score (nSPS) is 10.5. The van der Waals surface area contributed by atoms with Crippen molar-refractivity contribution in [1.82, 2.24) is 5.43 Å². The molecule has 0 atom stereocenters. The lowest BCUT2D eigenvalue weighted by Crippen LogP contribution is -2.17. The van der Waals surface area contributed by atoms with Crippen molar-refractivity contribution in [2.24, 2.45) is 5.10 Å². The molecule has 0 aliphatic carbocycles. The van der Waals surface area contributed by atoms with Gasteiger partial charge in [-0.15, -0.1) is 0 Å². The van der Waals surface area contributed by atoms with Gasteiger partial charge in [-0.05, 0) is 36.4 Å². The minimum Gasteiger partial charge on any atom is -0.508 e. The van der Waals surface area contributed by atoms with Crippen LogP contribution in [0.5, 0.6) is 11.5 Å². The second-order valence-electron chi connectivity index (χ2n) is 4.70. The van der Waals surface area contributed by atoms with E-state index in [0.717, 1.165) is 0 Å². The largest absolute Gasteiger partial charge is 0.508 e. The summed E-state index contributed by atoms with van der Waals surface area (Å²) in [4.78, 5) is 22.8. The molecule has 0 aliphatic heterocycles. The summed E-state index contributed by atoms with van der Waals surface area (Å²) in [5, 5.41) is 25.1. The first-order valence-electron chi connectivity index (χ1n) is 6.69. The third kappa shape index (κ3) is 4.57. The molecular formula is C16H15N3O4. The Morgan fingerprint density at radius 2 is 1.78 bits per heavy atom. The topological polar surface area (TPSA) is 111 Å². The molecule has 0 aliphatic rings. The van der Waals surface area contributed by atoms with Crippen LogP contribution in [0.4, 0.5) is 5.69 Å². The molecule has 0 aromatic heterocycles. The standard InChI is InChI=1S/C16H15N3O4/c1-10(20)18-13-5-2-11(3-6-13)16(23)19-17-9-12-4-7-14(21)8-15(12)22/h2-9,21-22H,1H3,(H,18,20)(H,19,23). The lowest BCUT2D eigenvalue weighted by atomic mass is 10.2. The zero-order valence-corrected chi connectivity index (χ0v) is 12.3. The minimum absolute atomic E-state index is 0.0667. The van der Waals surface area contributed by atoms with E-state index in [4.69, 9.17) is 0 Å². The average molecular weight is 313 g/mol. The number of hydrogen-bond acceptors (Lipinski definition) is 5. The lowest BCUT2D eigenvalue weighted by Gasteiger charge is -2.04. The van der Waals surface area contributed by atoms with Crippen LogP contribution < -0.4 is 10.7 Å². The van der Waals surface area contributed by atoms with Gasteiger partial charge in [-0.25, -0.2) is 5.43 Å². The summed E-state index contributed by atoms with van der Waals surface area (Å²) in [5.41, 5.74) is 3.63. The quantitative estimate of drug-likeness (QED) is 0.509.